The molecule has 4 aromatic carbocycles. The Balaban J connectivity index is 1.73. The lowest BCUT2D eigenvalue weighted by molar-refractivity contribution is 0.0970. The molecule has 4 heteroatoms. The van der Waals surface area contributed by atoms with Crippen LogP contribution in [0.1, 0.15) is 9.59 Å². The molecule has 0 radical (unpaired) electrons. The number of hydrogen-bond donors (Lipinski definition) is 0. The zero-order valence-electron chi connectivity index (χ0n) is 18.4. The monoisotopic (exact) mass is 440 g/mol. The van der Waals surface area contributed by atoms with Crippen molar-refractivity contribution in [3.05, 3.63) is 110 Å². The van der Waals surface area contributed by atoms with Crippen LogP contribution in [0.3, 0.4) is 0 Å². The van der Waals surface area contributed by atoms with E-state index in [9.17, 15) is 9.59 Å². The summed E-state index contributed by atoms with van der Waals surface area (Å²) in [7, 11) is 0. The summed E-state index contributed by atoms with van der Waals surface area (Å²) >= 11 is 0. The van der Waals surface area contributed by atoms with Crippen LogP contribution in [0.5, 0.6) is 0 Å². The van der Waals surface area contributed by atoms with Crippen molar-refractivity contribution >= 4 is 55.4 Å². The number of aromatic nitrogens is 2. The Morgan fingerprint density at radius 1 is 0.588 bits per heavy atom. The second-order valence-corrected chi connectivity index (χ2v) is 8.22. The van der Waals surface area contributed by atoms with Crippen molar-refractivity contribution in [1.29, 1.82) is 0 Å². The van der Waals surface area contributed by atoms with Crippen molar-refractivity contribution in [3.63, 3.8) is 0 Å². The molecule has 4 nitrogen and oxygen atoms in total. The van der Waals surface area contributed by atoms with Crippen LogP contribution in [-0.4, -0.2) is 20.9 Å². The summed E-state index contributed by atoms with van der Waals surface area (Å²) in [6.07, 6.45) is 2.68. The second-order valence-electron chi connectivity index (χ2n) is 8.22. The Hall–Kier alpha value is -4.70. The van der Waals surface area contributed by atoms with Gasteiger partial charge in [0, 0.05) is 27.1 Å². The van der Waals surface area contributed by atoms with E-state index in [1.807, 2.05) is 78.9 Å². The summed E-state index contributed by atoms with van der Waals surface area (Å²) < 4.78 is 3.43. The number of nitrogens with zero attached hydrogens (tertiary/aromatic N) is 2. The minimum absolute atomic E-state index is 0.169. The number of rotatable bonds is 3. The maximum atomic E-state index is 13.0. The van der Waals surface area contributed by atoms with E-state index in [4.69, 9.17) is 0 Å². The normalized spacial score (nSPS) is 11.4. The van der Waals surface area contributed by atoms with Gasteiger partial charge in [-0.2, -0.15) is 0 Å². The Morgan fingerprint density at radius 2 is 1.15 bits per heavy atom. The molecule has 2 aromatic heterocycles. The third-order valence-corrected chi connectivity index (χ3v) is 6.47. The van der Waals surface area contributed by atoms with Gasteiger partial charge in [0.05, 0.1) is 22.1 Å². The minimum Gasteiger partial charge on any atom is -0.276 e. The predicted octanol–water partition coefficient (Wildman–Crippen LogP) is 7.22. The lowest BCUT2D eigenvalue weighted by Crippen LogP contribution is -2.07. The maximum Gasteiger partial charge on any atom is 0.254 e. The van der Waals surface area contributed by atoms with Gasteiger partial charge >= 0.3 is 0 Å². The van der Waals surface area contributed by atoms with Gasteiger partial charge in [0.2, 0.25) is 0 Å². The Bertz CT molecular complexity index is 1830. The molecular weight excluding hydrogens is 420 g/mol. The number of para-hydroxylation sites is 3. The van der Waals surface area contributed by atoms with E-state index in [-0.39, 0.29) is 11.8 Å². The highest BCUT2D eigenvalue weighted by Crippen LogP contribution is 2.38. The molecule has 0 saturated heterocycles. The molecule has 0 aliphatic rings. The molecule has 0 bridgehead atoms. The molecule has 0 amide bonds. The summed E-state index contributed by atoms with van der Waals surface area (Å²) in [5, 5.41) is 3.99. The number of benzene rings is 4. The van der Waals surface area contributed by atoms with Crippen LogP contribution < -0.4 is 0 Å². The molecule has 0 fully saturated rings. The van der Waals surface area contributed by atoms with Gasteiger partial charge in [0.15, 0.2) is 0 Å². The van der Waals surface area contributed by atoms with Gasteiger partial charge in [-0.3, -0.25) is 18.7 Å². The van der Waals surface area contributed by atoms with E-state index in [0.717, 1.165) is 54.7 Å². The molecule has 162 valence electrons. The first kappa shape index (κ1) is 19.9. The quantitative estimate of drug-likeness (QED) is 0.273. The summed E-state index contributed by atoms with van der Waals surface area (Å²) in [5.74, 6) is -0.342. The molecule has 34 heavy (non-hydrogen) atoms. The topological polar surface area (TPSA) is 44.0 Å². The third kappa shape index (κ3) is 2.66. The Morgan fingerprint density at radius 3 is 1.85 bits per heavy atom. The van der Waals surface area contributed by atoms with E-state index in [1.54, 1.807) is 9.13 Å². The van der Waals surface area contributed by atoms with Crippen LogP contribution in [0.25, 0.3) is 54.7 Å². The molecule has 6 rings (SSSR count). The largest absolute Gasteiger partial charge is 0.276 e. The summed E-state index contributed by atoms with van der Waals surface area (Å²) in [6, 6.07) is 27.9. The zero-order chi connectivity index (χ0) is 23.4. The van der Waals surface area contributed by atoms with Crippen molar-refractivity contribution < 1.29 is 9.59 Å². The van der Waals surface area contributed by atoms with E-state index < -0.39 is 0 Å². The third-order valence-electron chi connectivity index (χ3n) is 6.47. The molecule has 0 unspecified atom stereocenters. The fraction of sp³-hybridized carbons (Fsp3) is 0. The van der Waals surface area contributed by atoms with Gasteiger partial charge in [-0.15, -0.1) is 0 Å². The molecule has 0 atom stereocenters. The predicted molar refractivity (Wildman–Crippen MR) is 140 cm³/mol. The van der Waals surface area contributed by atoms with Gasteiger partial charge in [0.25, 0.3) is 11.8 Å². The molecule has 2 heterocycles. The molecule has 0 N–H and O–H groups in total. The van der Waals surface area contributed by atoms with Crippen molar-refractivity contribution in [3.8, 4) is 11.1 Å². The van der Waals surface area contributed by atoms with E-state index in [0.29, 0.717) is 0 Å². The number of fused-ring (bicyclic) bond motifs is 6. The van der Waals surface area contributed by atoms with Gasteiger partial charge in [-0.25, -0.2) is 0 Å². The fourth-order valence-corrected chi connectivity index (χ4v) is 5.04. The SMILES string of the molecule is C=CC(=O)n1c2ccccc2c2cc(-c3cccc4c5ccccc5n(C(=O)C=C)c34)ccc21. The molecular formula is C30H20N2O2. The lowest BCUT2D eigenvalue weighted by atomic mass is 10.00. The molecule has 0 aliphatic carbocycles. The average Bonchev–Trinajstić information content (AvgIpc) is 3.40. The first-order valence-corrected chi connectivity index (χ1v) is 11.0. The van der Waals surface area contributed by atoms with Crippen LogP contribution in [-0.2, 0) is 0 Å². The van der Waals surface area contributed by atoms with Crippen molar-refractivity contribution in [1.82, 2.24) is 9.13 Å². The highest BCUT2D eigenvalue weighted by Gasteiger charge is 2.19. The van der Waals surface area contributed by atoms with E-state index in [1.165, 1.54) is 12.2 Å². The first-order valence-electron chi connectivity index (χ1n) is 11.0. The molecule has 0 spiro atoms. The van der Waals surface area contributed by atoms with Crippen molar-refractivity contribution in [2.75, 3.05) is 0 Å². The summed E-state index contributed by atoms with van der Waals surface area (Å²) in [5.41, 5.74) is 5.27. The minimum atomic E-state index is -0.173. The first-order chi connectivity index (χ1) is 16.6. The fourth-order valence-electron chi connectivity index (χ4n) is 5.04. The van der Waals surface area contributed by atoms with Crippen LogP contribution in [0.4, 0.5) is 0 Å². The van der Waals surface area contributed by atoms with Crippen LogP contribution in [0.2, 0.25) is 0 Å². The van der Waals surface area contributed by atoms with E-state index in [2.05, 4.69) is 19.2 Å². The Kier molecular flexibility index (Phi) is 4.36. The zero-order valence-corrected chi connectivity index (χ0v) is 18.4. The van der Waals surface area contributed by atoms with Gasteiger partial charge in [-0.1, -0.05) is 73.8 Å². The van der Waals surface area contributed by atoms with Crippen molar-refractivity contribution in [2.45, 2.75) is 0 Å². The maximum absolute atomic E-state index is 13.0. The summed E-state index contributed by atoms with van der Waals surface area (Å²) in [4.78, 5) is 25.7. The lowest BCUT2D eigenvalue weighted by Gasteiger charge is -2.09. The van der Waals surface area contributed by atoms with Crippen LogP contribution in [0, 0.1) is 0 Å². The molecule has 0 aliphatic heterocycles. The molecule has 0 saturated carbocycles. The number of carbonyl (C=O) groups is 2. The standard InChI is InChI=1S/C30H20N2O2/c1-3-28(33)31-25-14-7-6-11-22(25)24-18-19(16-17-27(24)31)20-12-9-13-23-21-10-5-8-15-26(21)32(30(20)23)29(34)4-2/h3-18H,1-2H2. The average molecular weight is 441 g/mol. The Labute approximate surface area is 195 Å². The smallest absolute Gasteiger partial charge is 0.254 e. The molecule has 6 aromatic rings. The highest BCUT2D eigenvalue weighted by atomic mass is 16.2. The van der Waals surface area contributed by atoms with Crippen LogP contribution in [0.15, 0.2) is 110 Å². The number of hydrogen-bond acceptors (Lipinski definition) is 2. The summed E-state index contributed by atoms with van der Waals surface area (Å²) in [6.45, 7) is 7.39. The number of allylic oxidation sites excluding steroid dienone is 2. The van der Waals surface area contributed by atoms with Crippen LogP contribution >= 0.6 is 0 Å². The highest BCUT2D eigenvalue weighted by molar-refractivity contribution is 6.20. The van der Waals surface area contributed by atoms with Crippen molar-refractivity contribution in [2.24, 2.45) is 0 Å². The van der Waals surface area contributed by atoms with Gasteiger partial charge in [-0.05, 0) is 42.0 Å². The van der Waals surface area contributed by atoms with Gasteiger partial charge in [0.1, 0.15) is 0 Å². The van der Waals surface area contributed by atoms with Gasteiger partial charge < -0.3 is 0 Å². The second kappa shape index (κ2) is 7.42. The number of carbonyl (C=O) groups excluding carboxylic acids is 2. The van der Waals surface area contributed by atoms with E-state index >= 15 is 0 Å².